The van der Waals surface area contributed by atoms with E-state index in [4.69, 9.17) is 0 Å². The van der Waals surface area contributed by atoms with Gasteiger partial charge in [0.25, 0.3) is 0 Å². The summed E-state index contributed by atoms with van der Waals surface area (Å²) in [5.41, 5.74) is 2.73. The molecule has 0 fully saturated rings. The molecule has 1 aromatic rings. The maximum Gasteiger partial charge on any atom is 0.225 e. The smallest absolute Gasteiger partial charge is 0.225 e. The van der Waals surface area contributed by atoms with Gasteiger partial charge in [-0.25, -0.2) is 0 Å². The van der Waals surface area contributed by atoms with Crippen LogP contribution >= 0.6 is 0 Å². The fraction of sp³-hybridized carbons (Fsp3) is 0.429. The van der Waals surface area contributed by atoms with Gasteiger partial charge in [0.15, 0.2) is 0 Å². The molecule has 1 aliphatic heterocycles. The average molecular weight is 261 g/mol. The van der Waals surface area contributed by atoms with E-state index in [1.165, 1.54) is 0 Å². The van der Waals surface area contributed by atoms with Crippen molar-refractivity contribution in [2.24, 2.45) is 0 Å². The predicted octanol–water partition coefficient (Wildman–Crippen LogP) is 1.51. The third-order valence-electron chi connectivity index (χ3n) is 3.12. The zero-order chi connectivity index (χ0) is 13.7. The Labute approximate surface area is 112 Å². The Morgan fingerprint density at radius 3 is 3.00 bits per heavy atom. The molecule has 19 heavy (non-hydrogen) atoms. The van der Waals surface area contributed by atoms with Gasteiger partial charge in [-0.05, 0) is 43.7 Å². The fourth-order valence-electron chi connectivity index (χ4n) is 2.11. The van der Waals surface area contributed by atoms with Crippen molar-refractivity contribution in [1.82, 2.24) is 5.32 Å². The van der Waals surface area contributed by atoms with E-state index in [9.17, 15) is 9.59 Å². The second-order valence-electron chi connectivity index (χ2n) is 4.68. The number of rotatable bonds is 4. The van der Waals surface area contributed by atoms with Crippen molar-refractivity contribution >= 4 is 23.2 Å². The molecule has 0 bridgehead atoms. The molecule has 3 N–H and O–H groups in total. The topological polar surface area (TPSA) is 70.2 Å². The Hall–Kier alpha value is -1.88. The van der Waals surface area contributed by atoms with Crippen LogP contribution in [0.2, 0.25) is 0 Å². The summed E-state index contributed by atoms with van der Waals surface area (Å²) >= 11 is 0. The first-order chi connectivity index (χ1) is 9.19. The number of fused-ring (bicyclic) bond motifs is 1. The second kappa shape index (κ2) is 6.33. The highest BCUT2D eigenvalue weighted by molar-refractivity contribution is 5.94. The molecule has 2 rings (SSSR count). The third kappa shape index (κ3) is 3.79. The number of amides is 2. The molecule has 0 atom stereocenters. The molecule has 0 spiro atoms. The summed E-state index contributed by atoms with van der Waals surface area (Å²) in [4.78, 5) is 23.1. The third-order valence-corrected chi connectivity index (χ3v) is 3.12. The Balaban J connectivity index is 2.06. The summed E-state index contributed by atoms with van der Waals surface area (Å²) in [6, 6.07) is 5.62. The zero-order valence-corrected chi connectivity index (χ0v) is 11.1. The SMILES string of the molecule is CNCCC(=O)Nc1ccc2c(c1)CCCC(=O)N2. The van der Waals surface area contributed by atoms with Crippen LogP contribution in [0.1, 0.15) is 24.8 Å². The average Bonchev–Trinajstić information content (AvgIpc) is 2.57. The number of hydrogen-bond donors (Lipinski definition) is 3. The van der Waals surface area contributed by atoms with Crippen molar-refractivity contribution in [3.05, 3.63) is 23.8 Å². The summed E-state index contributed by atoms with van der Waals surface area (Å²) in [5, 5.41) is 8.68. The molecular weight excluding hydrogens is 242 g/mol. The molecule has 0 aromatic heterocycles. The van der Waals surface area contributed by atoms with E-state index in [1.54, 1.807) is 0 Å². The van der Waals surface area contributed by atoms with Gasteiger partial charge < -0.3 is 16.0 Å². The molecule has 0 radical (unpaired) electrons. The van der Waals surface area contributed by atoms with E-state index < -0.39 is 0 Å². The summed E-state index contributed by atoms with van der Waals surface area (Å²) in [5.74, 6) is 0.0523. The van der Waals surface area contributed by atoms with Gasteiger partial charge in [0, 0.05) is 30.8 Å². The first-order valence-electron chi connectivity index (χ1n) is 6.56. The number of nitrogens with one attached hydrogen (secondary N) is 3. The van der Waals surface area contributed by atoms with Gasteiger partial charge in [0.1, 0.15) is 0 Å². The largest absolute Gasteiger partial charge is 0.326 e. The van der Waals surface area contributed by atoms with Crippen LogP contribution in [0.4, 0.5) is 11.4 Å². The van der Waals surface area contributed by atoms with Crippen molar-refractivity contribution in [2.75, 3.05) is 24.2 Å². The van der Waals surface area contributed by atoms with Gasteiger partial charge in [-0.15, -0.1) is 0 Å². The lowest BCUT2D eigenvalue weighted by molar-refractivity contribution is -0.117. The number of aryl methyl sites for hydroxylation is 1. The van der Waals surface area contributed by atoms with Crippen LogP contribution in [0.25, 0.3) is 0 Å². The highest BCUT2D eigenvalue weighted by atomic mass is 16.2. The highest BCUT2D eigenvalue weighted by Crippen LogP contribution is 2.25. The number of benzene rings is 1. The molecule has 102 valence electrons. The van der Waals surface area contributed by atoms with E-state index in [-0.39, 0.29) is 11.8 Å². The monoisotopic (exact) mass is 261 g/mol. The van der Waals surface area contributed by atoms with Crippen LogP contribution in [0.15, 0.2) is 18.2 Å². The van der Waals surface area contributed by atoms with Crippen molar-refractivity contribution in [3.8, 4) is 0 Å². The maximum atomic E-state index is 11.6. The Kier molecular flexibility index (Phi) is 4.52. The van der Waals surface area contributed by atoms with Gasteiger partial charge in [0.05, 0.1) is 0 Å². The zero-order valence-electron chi connectivity index (χ0n) is 11.1. The van der Waals surface area contributed by atoms with Gasteiger partial charge in [-0.2, -0.15) is 0 Å². The van der Waals surface area contributed by atoms with Crippen LogP contribution in [0.5, 0.6) is 0 Å². The Morgan fingerprint density at radius 1 is 1.37 bits per heavy atom. The molecule has 5 heteroatoms. The van der Waals surface area contributed by atoms with Crippen LogP contribution in [-0.2, 0) is 16.0 Å². The van der Waals surface area contributed by atoms with E-state index in [0.29, 0.717) is 19.4 Å². The van der Waals surface area contributed by atoms with Gasteiger partial charge in [-0.3, -0.25) is 9.59 Å². The summed E-state index contributed by atoms with van der Waals surface area (Å²) in [6.07, 6.45) is 2.70. The molecule has 1 aliphatic rings. The van der Waals surface area contributed by atoms with Crippen molar-refractivity contribution < 1.29 is 9.59 Å². The molecule has 0 saturated heterocycles. The first-order valence-corrected chi connectivity index (χ1v) is 6.56. The minimum atomic E-state index is -0.00745. The lowest BCUT2D eigenvalue weighted by Crippen LogP contribution is -2.18. The lowest BCUT2D eigenvalue weighted by Gasteiger charge is -2.10. The summed E-state index contributed by atoms with van der Waals surface area (Å²) in [6.45, 7) is 0.660. The molecular formula is C14H19N3O2. The van der Waals surface area contributed by atoms with E-state index >= 15 is 0 Å². The number of carbonyl (C=O) groups excluding carboxylic acids is 2. The molecule has 2 amide bonds. The fourth-order valence-corrected chi connectivity index (χ4v) is 2.11. The lowest BCUT2D eigenvalue weighted by atomic mass is 10.1. The first kappa shape index (κ1) is 13.5. The van der Waals surface area contributed by atoms with Gasteiger partial charge in [-0.1, -0.05) is 0 Å². The number of hydrogen-bond acceptors (Lipinski definition) is 3. The van der Waals surface area contributed by atoms with Gasteiger partial charge in [0.2, 0.25) is 11.8 Å². The second-order valence-corrected chi connectivity index (χ2v) is 4.68. The maximum absolute atomic E-state index is 11.6. The minimum Gasteiger partial charge on any atom is -0.326 e. The number of anilines is 2. The Morgan fingerprint density at radius 2 is 2.21 bits per heavy atom. The van der Waals surface area contributed by atoms with Crippen molar-refractivity contribution in [1.29, 1.82) is 0 Å². The van der Waals surface area contributed by atoms with E-state index in [2.05, 4.69) is 16.0 Å². The van der Waals surface area contributed by atoms with Crippen LogP contribution in [0, 0.1) is 0 Å². The molecule has 0 saturated carbocycles. The molecule has 5 nitrogen and oxygen atoms in total. The Bertz CT molecular complexity index is 486. The predicted molar refractivity (Wildman–Crippen MR) is 75.2 cm³/mol. The van der Waals surface area contributed by atoms with Crippen LogP contribution < -0.4 is 16.0 Å². The summed E-state index contributed by atoms with van der Waals surface area (Å²) in [7, 11) is 1.82. The van der Waals surface area contributed by atoms with E-state index in [0.717, 1.165) is 29.8 Å². The molecule has 1 heterocycles. The van der Waals surface area contributed by atoms with Crippen LogP contribution in [-0.4, -0.2) is 25.4 Å². The van der Waals surface area contributed by atoms with E-state index in [1.807, 2.05) is 25.2 Å². The molecule has 0 unspecified atom stereocenters. The molecule has 1 aromatic carbocycles. The highest BCUT2D eigenvalue weighted by Gasteiger charge is 2.13. The summed E-state index contributed by atoms with van der Waals surface area (Å²) < 4.78 is 0. The quantitative estimate of drug-likeness (QED) is 0.769. The normalized spacial score (nSPS) is 14.3. The van der Waals surface area contributed by atoms with Crippen LogP contribution in [0.3, 0.4) is 0 Å². The number of carbonyl (C=O) groups is 2. The molecule has 0 aliphatic carbocycles. The minimum absolute atomic E-state index is 0.00745. The standard InChI is InChI=1S/C14H19N3O2/c1-15-8-7-14(19)16-11-5-6-12-10(9-11)3-2-4-13(18)17-12/h5-6,9,15H,2-4,7-8H2,1H3,(H,16,19)(H,17,18). The van der Waals surface area contributed by atoms with Crippen molar-refractivity contribution in [2.45, 2.75) is 25.7 Å². The van der Waals surface area contributed by atoms with Crippen molar-refractivity contribution in [3.63, 3.8) is 0 Å². The van der Waals surface area contributed by atoms with Gasteiger partial charge >= 0.3 is 0 Å².